The first-order valence-electron chi connectivity index (χ1n) is 6.51. The van der Waals surface area contributed by atoms with Crippen molar-refractivity contribution in [3.63, 3.8) is 0 Å². The third-order valence-electron chi connectivity index (χ3n) is 2.59. The summed E-state index contributed by atoms with van der Waals surface area (Å²) in [6.45, 7) is 2.65. The van der Waals surface area contributed by atoms with Gasteiger partial charge in [-0.05, 0) is 0 Å². The molecule has 21 heavy (non-hydrogen) atoms. The maximum Gasteiger partial charge on any atom is 0.270 e. The van der Waals surface area contributed by atoms with E-state index in [0.717, 1.165) is 6.54 Å². The van der Waals surface area contributed by atoms with Gasteiger partial charge < -0.3 is 15.4 Å². The van der Waals surface area contributed by atoms with Crippen molar-refractivity contribution < 1.29 is 9.53 Å². The van der Waals surface area contributed by atoms with Gasteiger partial charge in [-0.3, -0.25) is 14.8 Å². The molecule has 0 radical (unpaired) electrons. The number of aromatic nitrogens is 3. The van der Waals surface area contributed by atoms with Gasteiger partial charge in [0.1, 0.15) is 16.4 Å². The lowest BCUT2D eigenvalue weighted by atomic mass is 10.4. The Morgan fingerprint density at radius 1 is 1.33 bits per heavy atom. The maximum absolute atomic E-state index is 11.9. The van der Waals surface area contributed by atoms with Crippen molar-refractivity contribution in [3.05, 3.63) is 29.7 Å². The minimum absolute atomic E-state index is 0.185. The zero-order valence-corrected chi connectivity index (χ0v) is 12.5. The highest BCUT2D eigenvalue weighted by Crippen LogP contribution is 2.20. The molecule has 0 aliphatic carbocycles. The Labute approximate surface area is 126 Å². The van der Waals surface area contributed by atoms with Gasteiger partial charge >= 0.3 is 0 Å². The predicted octanol–water partition coefficient (Wildman–Crippen LogP) is 0.566. The summed E-state index contributed by atoms with van der Waals surface area (Å²) < 4.78 is 4.91. The van der Waals surface area contributed by atoms with Crippen LogP contribution in [0.25, 0.3) is 10.7 Å². The molecule has 0 spiro atoms. The number of thiazole rings is 1. The molecule has 2 rings (SSSR count). The molecule has 0 saturated carbocycles. The molecule has 2 aromatic rings. The summed E-state index contributed by atoms with van der Waals surface area (Å²) in [6, 6.07) is 0. The van der Waals surface area contributed by atoms with Crippen molar-refractivity contribution in [3.8, 4) is 10.7 Å². The lowest BCUT2D eigenvalue weighted by Crippen LogP contribution is -2.33. The average Bonchev–Trinajstić information content (AvgIpc) is 3.01. The highest BCUT2D eigenvalue weighted by atomic mass is 32.1. The minimum Gasteiger partial charge on any atom is -0.383 e. The van der Waals surface area contributed by atoms with E-state index >= 15 is 0 Å². The van der Waals surface area contributed by atoms with Gasteiger partial charge in [-0.15, -0.1) is 11.3 Å². The molecule has 0 bridgehead atoms. The molecule has 0 aliphatic rings. The second kappa shape index (κ2) is 8.40. The largest absolute Gasteiger partial charge is 0.383 e. The molecule has 2 N–H and O–H groups in total. The number of amides is 1. The molecule has 1 amide bonds. The van der Waals surface area contributed by atoms with Crippen LogP contribution < -0.4 is 10.6 Å². The number of hydrogen-bond acceptors (Lipinski definition) is 7. The van der Waals surface area contributed by atoms with Gasteiger partial charge in [0, 0.05) is 44.5 Å². The monoisotopic (exact) mass is 307 g/mol. The van der Waals surface area contributed by atoms with Crippen molar-refractivity contribution >= 4 is 17.2 Å². The van der Waals surface area contributed by atoms with Gasteiger partial charge in [0.05, 0.1) is 12.8 Å². The Bertz CT molecular complexity index is 561. The number of carbonyl (C=O) groups is 1. The third kappa shape index (κ3) is 4.85. The molecule has 2 heterocycles. The number of hydrogen-bond donors (Lipinski definition) is 2. The number of nitrogens with zero attached hydrogens (tertiary/aromatic N) is 3. The smallest absolute Gasteiger partial charge is 0.270 e. The van der Waals surface area contributed by atoms with Crippen LogP contribution in [0, 0.1) is 0 Å². The zero-order chi connectivity index (χ0) is 14.9. The van der Waals surface area contributed by atoms with E-state index in [2.05, 4.69) is 25.6 Å². The number of methoxy groups -OCH3 is 1. The van der Waals surface area contributed by atoms with E-state index in [1.54, 1.807) is 31.1 Å². The lowest BCUT2D eigenvalue weighted by molar-refractivity contribution is 0.0949. The van der Waals surface area contributed by atoms with E-state index in [9.17, 15) is 4.79 Å². The standard InChI is InChI=1S/C13H17N5O2S/c1-20-7-6-14-2-5-17-12(19)11-9-21-13(18-11)10-8-15-3-4-16-10/h3-4,8-9,14H,2,5-7H2,1H3,(H,17,19). The van der Waals surface area contributed by atoms with Crippen LogP contribution in [0.3, 0.4) is 0 Å². The van der Waals surface area contributed by atoms with Gasteiger partial charge in [0.2, 0.25) is 0 Å². The molecule has 2 aromatic heterocycles. The number of rotatable bonds is 8. The van der Waals surface area contributed by atoms with Crippen LogP contribution in [0.5, 0.6) is 0 Å². The number of nitrogens with one attached hydrogen (secondary N) is 2. The van der Waals surface area contributed by atoms with Crippen molar-refractivity contribution in [2.24, 2.45) is 0 Å². The molecule has 0 atom stereocenters. The van der Waals surface area contributed by atoms with Gasteiger partial charge in [-0.25, -0.2) is 4.98 Å². The Balaban J connectivity index is 1.80. The molecular formula is C13H17N5O2S. The van der Waals surface area contributed by atoms with E-state index in [0.29, 0.717) is 36.1 Å². The number of ether oxygens (including phenoxy) is 1. The highest BCUT2D eigenvalue weighted by molar-refractivity contribution is 7.13. The molecule has 0 aromatic carbocycles. The van der Waals surface area contributed by atoms with Crippen molar-refractivity contribution in [2.45, 2.75) is 0 Å². The molecule has 0 saturated heterocycles. The van der Waals surface area contributed by atoms with Crippen molar-refractivity contribution in [2.75, 3.05) is 33.4 Å². The van der Waals surface area contributed by atoms with E-state index < -0.39 is 0 Å². The topological polar surface area (TPSA) is 89.0 Å². The Hall–Kier alpha value is -1.90. The van der Waals surface area contributed by atoms with Gasteiger partial charge in [-0.2, -0.15) is 0 Å². The second-order valence-electron chi connectivity index (χ2n) is 4.13. The van der Waals surface area contributed by atoms with Gasteiger partial charge in [0.15, 0.2) is 0 Å². The molecular weight excluding hydrogens is 290 g/mol. The van der Waals surface area contributed by atoms with Crippen LogP contribution in [0.1, 0.15) is 10.5 Å². The van der Waals surface area contributed by atoms with Gasteiger partial charge in [0.25, 0.3) is 5.91 Å². The fraction of sp³-hybridized carbons (Fsp3) is 0.385. The third-order valence-corrected chi connectivity index (χ3v) is 3.45. The van der Waals surface area contributed by atoms with Crippen LogP contribution in [0.4, 0.5) is 0 Å². The summed E-state index contributed by atoms with van der Waals surface area (Å²) in [5.74, 6) is -0.185. The predicted molar refractivity (Wildman–Crippen MR) is 80.2 cm³/mol. The highest BCUT2D eigenvalue weighted by Gasteiger charge is 2.11. The molecule has 0 aliphatic heterocycles. The quantitative estimate of drug-likeness (QED) is 0.693. The fourth-order valence-corrected chi connectivity index (χ4v) is 2.32. The molecule has 112 valence electrons. The normalized spacial score (nSPS) is 10.5. The van der Waals surface area contributed by atoms with E-state index in [1.807, 2.05) is 0 Å². The van der Waals surface area contributed by atoms with Crippen LogP contribution in [0.15, 0.2) is 24.0 Å². The maximum atomic E-state index is 11.9. The minimum atomic E-state index is -0.185. The van der Waals surface area contributed by atoms with Crippen LogP contribution in [-0.2, 0) is 4.74 Å². The zero-order valence-electron chi connectivity index (χ0n) is 11.7. The summed E-state index contributed by atoms with van der Waals surface area (Å²) in [4.78, 5) is 24.3. The first-order chi connectivity index (χ1) is 10.3. The summed E-state index contributed by atoms with van der Waals surface area (Å²) in [5, 5.41) is 8.36. The average molecular weight is 307 g/mol. The lowest BCUT2D eigenvalue weighted by Gasteiger charge is -2.04. The van der Waals surface area contributed by atoms with E-state index in [1.165, 1.54) is 11.3 Å². The Morgan fingerprint density at radius 2 is 2.24 bits per heavy atom. The fourth-order valence-electron chi connectivity index (χ4n) is 1.56. The first-order valence-corrected chi connectivity index (χ1v) is 7.39. The summed E-state index contributed by atoms with van der Waals surface area (Å²) in [5.41, 5.74) is 1.07. The Morgan fingerprint density at radius 3 is 3.00 bits per heavy atom. The summed E-state index contributed by atoms with van der Waals surface area (Å²) >= 11 is 1.37. The first kappa shape index (κ1) is 15.5. The molecule has 7 nitrogen and oxygen atoms in total. The van der Waals surface area contributed by atoms with Crippen LogP contribution in [-0.4, -0.2) is 54.2 Å². The van der Waals surface area contributed by atoms with Crippen molar-refractivity contribution in [1.29, 1.82) is 0 Å². The van der Waals surface area contributed by atoms with Crippen LogP contribution >= 0.6 is 11.3 Å². The molecule has 8 heteroatoms. The second-order valence-corrected chi connectivity index (χ2v) is 4.99. The van der Waals surface area contributed by atoms with Crippen LogP contribution in [0.2, 0.25) is 0 Å². The van der Waals surface area contributed by atoms with E-state index in [4.69, 9.17) is 4.74 Å². The Kier molecular flexibility index (Phi) is 6.20. The van der Waals surface area contributed by atoms with Crippen molar-refractivity contribution in [1.82, 2.24) is 25.6 Å². The SMILES string of the molecule is COCCNCCNC(=O)c1csc(-c2cnccn2)n1. The number of carbonyl (C=O) groups excluding carboxylic acids is 1. The summed E-state index contributed by atoms with van der Waals surface area (Å²) in [6.07, 6.45) is 4.82. The molecule has 0 fully saturated rings. The molecule has 0 unspecified atom stereocenters. The van der Waals surface area contributed by atoms with E-state index in [-0.39, 0.29) is 5.91 Å². The van der Waals surface area contributed by atoms with Gasteiger partial charge in [-0.1, -0.05) is 0 Å². The summed E-state index contributed by atoms with van der Waals surface area (Å²) in [7, 11) is 1.65.